The monoisotopic (exact) mass is 375 g/mol. The van der Waals surface area contributed by atoms with Gasteiger partial charge < -0.3 is 10.1 Å². The molecule has 0 aromatic heterocycles. The lowest BCUT2D eigenvalue weighted by Crippen LogP contribution is -2.01. The first-order chi connectivity index (χ1) is 12.1. The van der Waals surface area contributed by atoms with Crippen LogP contribution < -0.4 is 10.1 Å². The minimum atomic E-state index is -0.435. The summed E-state index contributed by atoms with van der Waals surface area (Å²) in [5, 5.41) is 3.82. The lowest BCUT2D eigenvalue weighted by atomic mass is 10.2. The zero-order valence-electron chi connectivity index (χ0n) is 13.3. The van der Waals surface area contributed by atoms with Crippen LogP contribution in [0.3, 0.4) is 0 Å². The molecule has 3 aromatic carbocycles. The van der Waals surface area contributed by atoms with Gasteiger partial charge in [0.25, 0.3) is 0 Å². The SMILES string of the molecule is Fc1ccc(NCc2ccc(OCc3ccccc3)c(Cl)c2)cc1Cl. The first kappa shape index (κ1) is 17.6. The molecule has 3 rings (SSSR count). The topological polar surface area (TPSA) is 21.3 Å². The molecular weight excluding hydrogens is 360 g/mol. The quantitative estimate of drug-likeness (QED) is 0.543. The summed E-state index contributed by atoms with van der Waals surface area (Å²) in [5.74, 6) is 0.203. The van der Waals surface area contributed by atoms with Gasteiger partial charge in [0.1, 0.15) is 18.2 Å². The van der Waals surface area contributed by atoms with Crippen molar-refractivity contribution in [1.29, 1.82) is 0 Å². The molecule has 0 fully saturated rings. The van der Waals surface area contributed by atoms with Gasteiger partial charge in [-0.05, 0) is 41.5 Å². The van der Waals surface area contributed by atoms with Gasteiger partial charge in [0.05, 0.1) is 10.0 Å². The number of benzene rings is 3. The van der Waals surface area contributed by atoms with Crippen LogP contribution in [0.4, 0.5) is 10.1 Å². The van der Waals surface area contributed by atoms with Crippen LogP contribution in [0, 0.1) is 5.82 Å². The summed E-state index contributed by atoms with van der Waals surface area (Å²) in [6.45, 7) is 1.01. The number of anilines is 1. The molecule has 0 saturated heterocycles. The summed E-state index contributed by atoms with van der Waals surface area (Å²) < 4.78 is 18.9. The highest BCUT2D eigenvalue weighted by Crippen LogP contribution is 2.27. The van der Waals surface area contributed by atoms with Crippen LogP contribution in [0.25, 0.3) is 0 Å². The number of halogens is 3. The Morgan fingerprint density at radius 1 is 0.840 bits per heavy atom. The number of rotatable bonds is 6. The van der Waals surface area contributed by atoms with Gasteiger partial charge in [0.2, 0.25) is 0 Å². The van der Waals surface area contributed by atoms with Gasteiger partial charge in [-0.2, -0.15) is 0 Å². The number of nitrogens with one attached hydrogen (secondary N) is 1. The highest BCUT2D eigenvalue weighted by molar-refractivity contribution is 6.32. The highest BCUT2D eigenvalue weighted by atomic mass is 35.5. The molecule has 25 heavy (non-hydrogen) atoms. The van der Waals surface area contributed by atoms with Crippen molar-refractivity contribution in [2.75, 3.05) is 5.32 Å². The normalized spacial score (nSPS) is 10.5. The van der Waals surface area contributed by atoms with E-state index >= 15 is 0 Å². The molecule has 0 aliphatic rings. The van der Waals surface area contributed by atoms with Gasteiger partial charge in [-0.15, -0.1) is 0 Å². The van der Waals surface area contributed by atoms with Gasteiger partial charge >= 0.3 is 0 Å². The Balaban J connectivity index is 1.60. The van der Waals surface area contributed by atoms with Gasteiger partial charge in [-0.25, -0.2) is 4.39 Å². The predicted octanol–water partition coefficient (Wildman–Crippen LogP) is 6.32. The minimum Gasteiger partial charge on any atom is -0.487 e. The van der Waals surface area contributed by atoms with E-state index in [1.54, 1.807) is 12.1 Å². The molecule has 0 atom stereocenters. The van der Waals surface area contributed by atoms with Gasteiger partial charge in [-0.3, -0.25) is 0 Å². The average molecular weight is 376 g/mol. The van der Waals surface area contributed by atoms with Crippen molar-refractivity contribution in [3.63, 3.8) is 0 Å². The van der Waals surface area contributed by atoms with Gasteiger partial charge in [-0.1, -0.05) is 59.6 Å². The van der Waals surface area contributed by atoms with E-state index in [0.29, 0.717) is 23.9 Å². The van der Waals surface area contributed by atoms with E-state index in [1.807, 2.05) is 48.5 Å². The Kier molecular flexibility index (Phi) is 5.79. The first-order valence-electron chi connectivity index (χ1n) is 7.76. The molecule has 0 spiro atoms. The standard InChI is InChI=1S/C20H16Cl2FNO/c21-17-11-16(7-8-19(17)23)24-12-15-6-9-20(18(22)10-15)25-13-14-4-2-1-3-5-14/h1-11,24H,12-13H2. The number of hydrogen-bond acceptors (Lipinski definition) is 2. The first-order valence-corrected chi connectivity index (χ1v) is 8.51. The van der Waals surface area contributed by atoms with Crippen LogP contribution in [0.1, 0.15) is 11.1 Å². The molecule has 0 heterocycles. The van der Waals surface area contributed by atoms with Crippen LogP contribution in [0.15, 0.2) is 66.7 Å². The zero-order valence-corrected chi connectivity index (χ0v) is 14.8. The average Bonchev–Trinajstić information content (AvgIpc) is 2.63. The third-order valence-electron chi connectivity index (χ3n) is 3.65. The second kappa shape index (κ2) is 8.24. The van der Waals surface area contributed by atoms with Crippen molar-refractivity contribution in [2.45, 2.75) is 13.2 Å². The predicted molar refractivity (Wildman–Crippen MR) is 101 cm³/mol. The largest absolute Gasteiger partial charge is 0.487 e. The van der Waals surface area contributed by atoms with Gasteiger partial charge in [0, 0.05) is 12.2 Å². The van der Waals surface area contributed by atoms with Crippen molar-refractivity contribution in [2.24, 2.45) is 0 Å². The van der Waals surface area contributed by atoms with E-state index in [4.69, 9.17) is 27.9 Å². The van der Waals surface area contributed by atoms with E-state index in [2.05, 4.69) is 5.32 Å². The Labute approximate surface area is 156 Å². The molecule has 2 nitrogen and oxygen atoms in total. The second-order valence-electron chi connectivity index (χ2n) is 5.52. The van der Waals surface area contributed by atoms with Crippen molar-refractivity contribution in [1.82, 2.24) is 0 Å². The Morgan fingerprint density at radius 2 is 1.64 bits per heavy atom. The fraction of sp³-hybridized carbons (Fsp3) is 0.100. The maximum Gasteiger partial charge on any atom is 0.141 e. The van der Waals surface area contributed by atoms with Crippen LogP contribution in [0.5, 0.6) is 5.75 Å². The van der Waals surface area contributed by atoms with Crippen molar-refractivity contribution in [3.05, 3.63) is 93.7 Å². The molecule has 0 unspecified atom stereocenters. The van der Waals surface area contributed by atoms with E-state index in [1.165, 1.54) is 6.07 Å². The lowest BCUT2D eigenvalue weighted by molar-refractivity contribution is 0.306. The molecular formula is C20H16Cl2FNO. The zero-order chi connectivity index (χ0) is 17.6. The van der Waals surface area contributed by atoms with E-state index < -0.39 is 5.82 Å². The van der Waals surface area contributed by atoms with Crippen molar-refractivity contribution >= 4 is 28.9 Å². The minimum absolute atomic E-state index is 0.0905. The third kappa shape index (κ3) is 4.88. The Morgan fingerprint density at radius 3 is 2.36 bits per heavy atom. The van der Waals surface area contributed by atoms with Gasteiger partial charge in [0.15, 0.2) is 0 Å². The fourth-order valence-electron chi connectivity index (χ4n) is 2.32. The highest BCUT2D eigenvalue weighted by Gasteiger charge is 2.05. The summed E-state index contributed by atoms with van der Waals surface area (Å²) in [5.41, 5.74) is 2.81. The summed E-state index contributed by atoms with van der Waals surface area (Å²) in [7, 11) is 0. The Bertz CT molecular complexity index is 856. The van der Waals surface area contributed by atoms with E-state index in [9.17, 15) is 4.39 Å². The summed E-state index contributed by atoms with van der Waals surface area (Å²) >= 11 is 12.1. The maximum absolute atomic E-state index is 13.2. The second-order valence-corrected chi connectivity index (χ2v) is 6.34. The number of hydrogen-bond donors (Lipinski definition) is 1. The fourth-order valence-corrected chi connectivity index (χ4v) is 2.76. The molecule has 0 saturated carbocycles. The van der Waals surface area contributed by atoms with Crippen LogP contribution in [-0.2, 0) is 13.2 Å². The van der Waals surface area contributed by atoms with Crippen LogP contribution >= 0.6 is 23.2 Å². The summed E-state index contributed by atoms with van der Waals surface area (Å²) in [6.07, 6.45) is 0. The maximum atomic E-state index is 13.2. The summed E-state index contributed by atoms with van der Waals surface area (Å²) in [6, 6.07) is 20.1. The van der Waals surface area contributed by atoms with Crippen molar-refractivity contribution < 1.29 is 9.13 Å². The smallest absolute Gasteiger partial charge is 0.141 e. The summed E-state index contributed by atoms with van der Waals surface area (Å²) in [4.78, 5) is 0. The van der Waals surface area contributed by atoms with Crippen LogP contribution in [-0.4, -0.2) is 0 Å². The number of ether oxygens (including phenoxy) is 1. The molecule has 0 aliphatic carbocycles. The third-order valence-corrected chi connectivity index (χ3v) is 4.23. The molecule has 0 amide bonds. The molecule has 0 aliphatic heterocycles. The molecule has 0 radical (unpaired) electrons. The van der Waals surface area contributed by atoms with E-state index in [-0.39, 0.29) is 5.02 Å². The molecule has 5 heteroatoms. The molecule has 3 aromatic rings. The van der Waals surface area contributed by atoms with Crippen molar-refractivity contribution in [3.8, 4) is 5.75 Å². The van der Waals surface area contributed by atoms with Crippen LogP contribution in [0.2, 0.25) is 10.0 Å². The molecule has 1 N–H and O–H groups in total. The molecule has 0 bridgehead atoms. The molecule has 128 valence electrons. The lowest BCUT2D eigenvalue weighted by Gasteiger charge is -2.11. The Hall–Kier alpha value is -2.23. The van der Waals surface area contributed by atoms with E-state index in [0.717, 1.165) is 16.8 Å².